The van der Waals surface area contributed by atoms with Gasteiger partial charge in [0.05, 0.1) is 55.0 Å². The molecule has 1 aromatic heterocycles. The summed E-state index contributed by atoms with van der Waals surface area (Å²) in [7, 11) is 0. The maximum Gasteiger partial charge on any atom is 0.416 e. The normalized spacial score (nSPS) is 18.5. The van der Waals surface area contributed by atoms with Crippen molar-refractivity contribution in [2.75, 3.05) is 136 Å². The van der Waals surface area contributed by atoms with Crippen molar-refractivity contribution in [1.82, 2.24) is 45.4 Å². The number of nitrogens with zero attached hydrogens (tertiary/aromatic N) is 8. The van der Waals surface area contributed by atoms with Gasteiger partial charge in [0, 0.05) is 122 Å². The molecule has 3 aliphatic rings. The minimum absolute atomic E-state index is 0.0259. The Morgan fingerprint density at radius 2 is 1.32 bits per heavy atom. The molecule has 0 saturated carbocycles. The Kier molecular flexibility index (Phi) is 21.5. The molecule has 77 heavy (non-hydrogen) atoms. The Bertz CT molecular complexity index is 2560. The van der Waals surface area contributed by atoms with Crippen molar-refractivity contribution in [2.45, 2.75) is 50.2 Å². The first kappa shape index (κ1) is 59.3. The van der Waals surface area contributed by atoms with Crippen LogP contribution in [0.25, 0.3) is 11.3 Å². The third-order valence-corrected chi connectivity index (χ3v) is 14.1. The second-order valence-electron chi connectivity index (χ2n) is 19.4. The summed E-state index contributed by atoms with van der Waals surface area (Å²) in [5, 5.41) is 47.0. The Balaban J connectivity index is 1.01. The summed E-state index contributed by atoms with van der Waals surface area (Å²) in [4.78, 5) is 90.4. The number of carbonyl (C=O) groups is 6. The summed E-state index contributed by atoms with van der Waals surface area (Å²) >= 11 is 0. The SMILES string of the molecule is CCOc1ccccc1-c1ncc(C2(C(=O)N[C@H]3CCN(CCNC(=O)CCNC(=O)CN4CCN(CC(=O)O)CCN(CC(=O)O)CCN(CC(=O)O)CC4)C3)CCN(c3ccc(C(F)(F)F)cc3C#N)CC2)cc1F. The van der Waals surface area contributed by atoms with Gasteiger partial charge in [0.25, 0.3) is 0 Å². The van der Waals surface area contributed by atoms with Crippen LogP contribution < -0.4 is 25.6 Å². The van der Waals surface area contributed by atoms with Crippen LogP contribution in [0.15, 0.2) is 54.7 Å². The number of amides is 3. The zero-order valence-electron chi connectivity index (χ0n) is 43.0. The maximum absolute atomic E-state index is 16.2. The third kappa shape index (κ3) is 17.3. The van der Waals surface area contributed by atoms with Crippen LogP contribution in [0.3, 0.4) is 0 Å². The summed E-state index contributed by atoms with van der Waals surface area (Å²) in [5.74, 6) is -4.51. The zero-order valence-corrected chi connectivity index (χ0v) is 43.0. The fraction of sp³-hybridized carbons (Fsp3) is 0.538. The van der Waals surface area contributed by atoms with Gasteiger partial charge in [0.2, 0.25) is 17.7 Å². The number of carboxylic acids is 3. The summed E-state index contributed by atoms with van der Waals surface area (Å²) in [5.41, 5.74) is -1.34. The molecule has 0 unspecified atom stereocenters. The number of para-hydroxylation sites is 1. The predicted octanol–water partition coefficient (Wildman–Crippen LogP) is 2.00. The van der Waals surface area contributed by atoms with Gasteiger partial charge in [-0.15, -0.1) is 0 Å². The van der Waals surface area contributed by atoms with Crippen LogP contribution >= 0.6 is 0 Å². The highest BCUT2D eigenvalue weighted by molar-refractivity contribution is 5.89. The smallest absolute Gasteiger partial charge is 0.416 e. The van der Waals surface area contributed by atoms with E-state index in [2.05, 4.69) is 25.8 Å². The lowest BCUT2D eigenvalue weighted by Gasteiger charge is -2.42. The van der Waals surface area contributed by atoms with Crippen molar-refractivity contribution in [1.29, 1.82) is 5.26 Å². The van der Waals surface area contributed by atoms with E-state index < -0.39 is 46.8 Å². The van der Waals surface area contributed by atoms with Crippen LogP contribution in [0.1, 0.15) is 49.3 Å². The van der Waals surface area contributed by atoms with E-state index in [0.29, 0.717) is 55.2 Å². The average molecular weight is 1080 g/mol. The van der Waals surface area contributed by atoms with Crippen LogP contribution in [0.5, 0.6) is 5.75 Å². The quantitative estimate of drug-likeness (QED) is 0.0834. The molecule has 3 aromatic rings. The van der Waals surface area contributed by atoms with Gasteiger partial charge in [0.1, 0.15) is 23.3 Å². The zero-order chi connectivity index (χ0) is 55.7. The van der Waals surface area contributed by atoms with Gasteiger partial charge in [0.15, 0.2) is 0 Å². The van der Waals surface area contributed by atoms with Gasteiger partial charge in [-0.25, -0.2) is 4.39 Å². The van der Waals surface area contributed by atoms with E-state index >= 15 is 4.39 Å². The Labute approximate surface area is 443 Å². The summed E-state index contributed by atoms with van der Waals surface area (Å²) < 4.78 is 62.6. The van der Waals surface area contributed by atoms with E-state index in [4.69, 9.17) is 4.74 Å². The molecular weight excluding hydrogens is 1010 g/mol. The number of rotatable bonds is 21. The van der Waals surface area contributed by atoms with E-state index in [0.717, 1.165) is 12.1 Å². The standard InChI is InChI=1S/C52H67F4N11O10/c1-2-77-43-6-4-3-5-40(43)49-41(53)28-38(30-60-49)51(11-16-67(17-12-51)42-8-7-37(52(54,55)56)27-36(42)29-57)50(76)61-39-10-15-62(31-39)18-14-59-44(68)9-13-58-45(69)32-63-19-21-64(33-46(70)71)23-25-66(35-48(74)75)26-24-65(22-20-63)34-47(72)73/h3-8,27-28,30,39H,2,9-26,31-35H2,1H3,(H,58,69)(H,59,68)(H,61,76)(H,70,71)(H,72,73)(H,74,75)/t39-/m0/s1. The Morgan fingerprint density at radius 3 is 1.87 bits per heavy atom. The number of pyridine rings is 1. The first-order valence-corrected chi connectivity index (χ1v) is 25.6. The topological polar surface area (TPSA) is 265 Å². The minimum atomic E-state index is -4.65. The van der Waals surface area contributed by atoms with Crippen LogP contribution in [0, 0.1) is 17.1 Å². The van der Waals surface area contributed by atoms with Gasteiger partial charge in [-0.2, -0.15) is 18.4 Å². The largest absolute Gasteiger partial charge is 0.493 e. The number of nitrogens with one attached hydrogen (secondary N) is 3. The molecule has 4 heterocycles. The molecule has 1 atom stereocenters. The average Bonchev–Trinajstić information content (AvgIpc) is 3.83. The van der Waals surface area contributed by atoms with Crippen LogP contribution in [0.2, 0.25) is 0 Å². The molecule has 418 valence electrons. The molecule has 2 aromatic carbocycles. The number of carboxylic acid groups (broad SMARTS) is 3. The number of likely N-dealkylation sites (tertiary alicyclic amines) is 1. The summed E-state index contributed by atoms with van der Waals surface area (Å²) in [6, 6.07) is 12.7. The monoisotopic (exact) mass is 1080 g/mol. The van der Waals surface area contributed by atoms with E-state index in [1.165, 1.54) is 18.3 Å². The molecule has 0 aliphatic carbocycles. The molecule has 3 saturated heterocycles. The first-order valence-electron chi connectivity index (χ1n) is 25.6. The van der Waals surface area contributed by atoms with Crippen LogP contribution in [-0.4, -0.2) is 217 Å². The first-order chi connectivity index (χ1) is 36.8. The number of benzene rings is 2. The van der Waals surface area contributed by atoms with Gasteiger partial charge < -0.3 is 40.9 Å². The number of anilines is 1. The highest BCUT2D eigenvalue weighted by Crippen LogP contribution is 2.41. The molecule has 0 radical (unpaired) electrons. The molecule has 25 heteroatoms. The molecule has 0 bridgehead atoms. The fourth-order valence-electron chi connectivity index (χ4n) is 9.97. The van der Waals surface area contributed by atoms with Crippen LogP contribution in [0.4, 0.5) is 23.2 Å². The van der Waals surface area contributed by atoms with Crippen LogP contribution in [-0.2, 0) is 40.4 Å². The molecule has 6 N–H and O–H groups in total. The van der Waals surface area contributed by atoms with E-state index in [-0.39, 0.29) is 153 Å². The molecule has 3 aliphatic heterocycles. The lowest BCUT2D eigenvalue weighted by Crippen LogP contribution is -2.54. The third-order valence-electron chi connectivity index (χ3n) is 14.1. The van der Waals surface area contributed by atoms with Gasteiger partial charge >= 0.3 is 24.1 Å². The van der Waals surface area contributed by atoms with E-state index in [1.807, 2.05) is 6.07 Å². The highest BCUT2D eigenvalue weighted by Gasteiger charge is 2.45. The molecule has 21 nitrogen and oxygen atoms in total. The van der Waals surface area contributed by atoms with Crippen molar-refractivity contribution in [3.63, 3.8) is 0 Å². The maximum atomic E-state index is 16.2. The van der Waals surface area contributed by atoms with Crippen molar-refractivity contribution >= 4 is 41.3 Å². The second-order valence-corrected chi connectivity index (χ2v) is 19.4. The molecule has 6 rings (SSSR count). The lowest BCUT2D eigenvalue weighted by atomic mass is 9.72. The number of carbonyl (C=O) groups excluding carboxylic acids is 3. The number of nitriles is 1. The van der Waals surface area contributed by atoms with Gasteiger partial charge in [-0.05, 0) is 68.1 Å². The Morgan fingerprint density at radius 1 is 0.753 bits per heavy atom. The van der Waals surface area contributed by atoms with E-state index in [9.17, 15) is 62.5 Å². The summed E-state index contributed by atoms with van der Waals surface area (Å²) in [6.45, 7) is 5.21. The van der Waals surface area contributed by atoms with Crippen molar-refractivity contribution in [3.05, 3.63) is 77.2 Å². The molecular formula is C52H67F4N11O10. The number of aromatic nitrogens is 1. The minimum Gasteiger partial charge on any atom is -0.493 e. The fourth-order valence-corrected chi connectivity index (χ4v) is 9.97. The number of alkyl halides is 3. The predicted molar refractivity (Wildman–Crippen MR) is 272 cm³/mol. The lowest BCUT2D eigenvalue weighted by molar-refractivity contribution is -0.140. The van der Waals surface area contributed by atoms with Crippen molar-refractivity contribution < 1.29 is 66.4 Å². The molecule has 3 fully saturated rings. The molecule has 3 amide bonds. The summed E-state index contributed by atoms with van der Waals surface area (Å²) in [6.07, 6.45) is -2.38. The number of halogens is 4. The number of hydrogen-bond acceptors (Lipinski definition) is 15. The molecule has 0 spiro atoms. The Hall–Kier alpha value is -6.98. The van der Waals surface area contributed by atoms with Gasteiger partial charge in [-0.1, -0.05) is 12.1 Å². The number of hydrogen-bond donors (Lipinski definition) is 6. The number of aliphatic carboxylic acids is 3. The second kappa shape index (κ2) is 27.9. The van der Waals surface area contributed by atoms with E-state index in [1.54, 1.807) is 55.7 Å². The van der Waals surface area contributed by atoms with Crippen molar-refractivity contribution in [2.24, 2.45) is 0 Å². The van der Waals surface area contributed by atoms with Crippen molar-refractivity contribution in [3.8, 4) is 23.1 Å². The highest BCUT2D eigenvalue weighted by atomic mass is 19.4. The number of piperidine rings is 1. The van der Waals surface area contributed by atoms with Gasteiger partial charge in [-0.3, -0.25) is 58.3 Å². The number of ether oxygens (including phenoxy) is 1.